The first-order valence-corrected chi connectivity index (χ1v) is 9.51. The summed E-state index contributed by atoms with van der Waals surface area (Å²) in [5.41, 5.74) is 2.06. The molecule has 2 aromatic carbocycles. The molecule has 1 N–H and O–H groups in total. The highest BCUT2D eigenvalue weighted by Gasteiger charge is 2.14. The Morgan fingerprint density at radius 1 is 1.30 bits per heavy atom. The van der Waals surface area contributed by atoms with E-state index in [1.165, 1.54) is 35.5 Å². The van der Waals surface area contributed by atoms with Gasteiger partial charge in [0.15, 0.2) is 5.58 Å². The molecule has 0 saturated carbocycles. The van der Waals surface area contributed by atoms with Gasteiger partial charge >= 0.3 is 0 Å². The van der Waals surface area contributed by atoms with Gasteiger partial charge in [0.2, 0.25) is 5.91 Å². The Balaban J connectivity index is 1.48. The Labute approximate surface area is 160 Å². The largest absolute Gasteiger partial charge is 0.431 e. The summed E-state index contributed by atoms with van der Waals surface area (Å²) in [4.78, 5) is 26.6. The molecule has 27 heavy (non-hydrogen) atoms. The zero-order valence-corrected chi connectivity index (χ0v) is 15.6. The first-order valence-electron chi connectivity index (χ1n) is 8.52. The van der Waals surface area contributed by atoms with Gasteiger partial charge in [-0.15, -0.1) is 0 Å². The molecule has 3 rings (SSSR count). The maximum absolute atomic E-state index is 12.1. The number of carbonyl (C=O) groups excluding carboxylic acids is 1. The topological polar surface area (TPSA) is 98.3 Å². The zero-order valence-electron chi connectivity index (χ0n) is 14.8. The second kappa shape index (κ2) is 8.68. The number of nitrogens with one attached hydrogen (secondary N) is 1. The van der Waals surface area contributed by atoms with E-state index in [1.54, 1.807) is 0 Å². The van der Waals surface area contributed by atoms with Crippen molar-refractivity contribution >= 4 is 34.5 Å². The molecule has 1 atom stereocenters. The fraction of sp³-hybridized carbons (Fsp3) is 0.263. The number of non-ortho nitro benzene ring substituents is 1. The Kier molecular flexibility index (Phi) is 6.08. The van der Waals surface area contributed by atoms with Crippen LogP contribution in [0.2, 0.25) is 0 Å². The second-order valence-electron chi connectivity index (χ2n) is 6.17. The minimum atomic E-state index is -0.481. The lowest BCUT2D eigenvalue weighted by Gasteiger charge is -2.13. The van der Waals surface area contributed by atoms with Crippen LogP contribution >= 0.6 is 11.8 Å². The normalized spacial score (nSPS) is 12.0. The van der Waals surface area contributed by atoms with Crippen LogP contribution < -0.4 is 5.32 Å². The smallest absolute Gasteiger partial charge is 0.271 e. The highest BCUT2D eigenvalue weighted by Crippen LogP contribution is 2.26. The number of oxazole rings is 1. The summed E-state index contributed by atoms with van der Waals surface area (Å²) in [5, 5.41) is 14.1. The van der Waals surface area contributed by atoms with E-state index in [2.05, 4.69) is 22.4 Å². The second-order valence-corrected chi connectivity index (χ2v) is 7.10. The van der Waals surface area contributed by atoms with Gasteiger partial charge in [0, 0.05) is 18.2 Å². The molecule has 0 fully saturated rings. The van der Waals surface area contributed by atoms with Gasteiger partial charge in [-0.05, 0) is 31.4 Å². The van der Waals surface area contributed by atoms with Gasteiger partial charge in [-0.1, -0.05) is 42.1 Å². The number of aromatic nitrogens is 1. The SMILES string of the molecule is C[C@@H](CCc1ccccc1)NC(=O)CSc1nc2cc([N+](=O)[O-])ccc2o1. The van der Waals surface area contributed by atoms with Crippen molar-refractivity contribution in [3.05, 3.63) is 64.2 Å². The maximum atomic E-state index is 12.1. The molecule has 0 saturated heterocycles. The van der Waals surface area contributed by atoms with Gasteiger partial charge < -0.3 is 9.73 Å². The molecule has 3 aromatic rings. The van der Waals surface area contributed by atoms with E-state index in [9.17, 15) is 14.9 Å². The van der Waals surface area contributed by atoms with Gasteiger partial charge in [0.1, 0.15) is 5.52 Å². The quantitative estimate of drug-likeness (QED) is 0.358. The number of hydrogen-bond acceptors (Lipinski definition) is 6. The molecule has 140 valence electrons. The molecule has 0 bridgehead atoms. The van der Waals surface area contributed by atoms with E-state index in [0.29, 0.717) is 16.3 Å². The van der Waals surface area contributed by atoms with E-state index in [4.69, 9.17) is 4.42 Å². The van der Waals surface area contributed by atoms with Crippen molar-refractivity contribution in [1.82, 2.24) is 10.3 Å². The maximum Gasteiger partial charge on any atom is 0.271 e. The molecule has 0 unspecified atom stereocenters. The summed E-state index contributed by atoms with van der Waals surface area (Å²) >= 11 is 1.17. The minimum Gasteiger partial charge on any atom is -0.431 e. The summed E-state index contributed by atoms with van der Waals surface area (Å²) in [5.74, 6) is 0.0683. The predicted octanol–water partition coefficient (Wildman–Crippen LogP) is 3.97. The number of nitro benzene ring substituents is 1. The number of nitro groups is 1. The van der Waals surface area contributed by atoms with E-state index in [0.717, 1.165) is 12.8 Å². The molecular formula is C19H19N3O4S. The van der Waals surface area contributed by atoms with Crippen LogP contribution in [0.3, 0.4) is 0 Å². The van der Waals surface area contributed by atoms with Gasteiger partial charge in [0.25, 0.3) is 10.9 Å². The van der Waals surface area contributed by atoms with Crippen molar-refractivity contribution in [2.75, 3.05) is 5.75 Å². The lowest BCUT2D eigenvalue weighted by Crippen LogP contribution is -2.34. The average Bonchev–Trinajstić information content (AvgIpc) is 3.07. The first-order chi connectivity index (χ1) is 13.0. The predicted molar refractivity (Wildman–Crippen MR) is 104 cm³/mol. The summed E-state index contributed by atoms with van der Waals surface area (Å²) in [7, 11) is 0. The number of carbonyl (C=O) groups is 1. The van der Waals surface area contributed by atoms with Crippen molar-refractivity contribution in [1.29, 1.82) is 0 Å². The molecule has 7 nitrogen and oxygen atoms in total. The molecule has 1 heterocycles. The summed E-state index contributed by atoms with van der Waals surface area (Å²) in [6, 6.07) is 14.4. The van der Waals surface area contributed by atoms with E-state index >= 15 is 0 Å². The third-order valence-electron chi connectivity index (χ3n) is 4.01. The van der Waals surface area contributed by atoms with Gasteiger partial charge in [-0.2, -0.15) is 0 Å². The molecule has 0 aliphatic carbocycles. The van der Waals surface area contributed by atoms with Gasteiger partial charge in [0.05, 0.1) is 10.7 Å². The van der Waals surface area contributed by atoms with Crippen LogP contribution in [-0.4, -0.2) is 27.6 Å². The number of rotatable bonds is 8. The van der Waals surface area contributed by atoms with Crippen LogP contribution in [0.15, 0.2) is 58.2 Å². The molecule has 1 aromatic heterocycles. The Morgan fingerprint density at radius 2 is 2.07 bits per heavy atom. The molecule has 0 aliphatic rings. The fourth-order valence-corrected chi connectivity index (χ4v) is 3.26. The summed E-state index contributed by atoms with van der Waals surface area (Å²) in [6.07, 6.45) is 1.76. The highest BCUT2D eigenvalue weighted by atomic mass is 32.2. The molecule has 0 radical (unpaired) electrons. The molecule has 0 spiro atoms. The van der Waals surface area contributed by atoms with Crippen molar-refractivity contribution < 1.29 is 14.1 Å². The van der Waals surface area contributed by atoms with Crippen LogP contribution in [0.25, 0.3) is 11.1 Å². The van der Waals surface area contributed by atoms with Crippen LogP contribution in [0.5, 0.6) is 0 Å². The molecule has 0 aliphatic heterocycles. The minimum absolute atomic E-state index is 0.0441. The van der Waals surface area contributed by atoms with E-state index in [-0.39, 0.29) is 23.4 Å². The molecule has 8 heteroatoms. The summed E-state index contributed by atoms with van der Waals surface area (Å²) in [6.45, 7) is 1.98. The van der Waals surface area contributed by atoms with Crippen LogP contribution in [0.4, 0.5) is 5.69 Å². The van der Waals surface area contributed by atoms with Crippen molar-refractivity contribution in [3.63, 3.8) is 0 Å². The van der Waals surface area contributed by atoms with Gasteiger partial charge in [-0.3, -0.25) is 14.9 Å². The molecule has 1 amide bonds. The van der Waals surface area contributed by atoms with Crippen molar-refractivity contribution in [2.45, 2.75) is 31.0 Å². The van der Waals surface area contributed by atoms with Crippen LogP contribution in [0.1, 0.15) is 18.9 Å². The lowest BCUT2D eigenvalue weighted by atomic mass is 10.1. The third-order valence-corrected chi connectivity index (χ3v) is 4.83. The number of benzene rings is 2. The number of thioether (sulfide) groups is 1. The van der Waals surface area contributed by atoms with E-state index < -0.39 is 4.92 Å². The average molecular weight is 385 g/mol. The number of aryl methyl sites for hydroxylation is 1. The Bertz CT molecular complexity index is 943. The van der Waals surface area contributed by atoms with Crippen LogP contribution in [-0.2, 0) is 11.2 Å². The Hall–Kier alpha value is -2.87. The lowest BCUT2D eigenvalue weighted by molar-refractivity contribution is -0.384. The third kappa shape index (κ3) is 5.30. The van der Waals surface area contributed by atoms with Crippen LogP contribution in [0, 0.1) is 10.1 Å². The fourth-order valence-electron chi connectivity index (χ4n) is 2.61. The van der Waals surface area contributed by atoms with Gasteiger partial charge in [-0.25, -0.2) is 4.98 Å². The highest BCUT2D eigenvalue weighted by molar-refractivity contribution is 7.99. The van der Waals surface area contributed by atoms with E-state index in [1.807, 2.05) is 25.1 Å². The summed E-state index contributed by atoms with van der Waals surface area (Å²) < 4.78 is 5.51. The Morgan fingerprint density at radius 3 is 2.81 bits per heavy atom. The first kappa shape index (κ1) is 18.9. The number of hydrogen-bond donors (Lipinski definition) is 1. The number of nitrogens with zero attached hydrogens (tertiary/aromatic N) is 2. The monoisotopic (exact) mass is 385 g/mol. The standard InChI is InChI=1S/C19H19N3O4S/c1-13(7-8-14-5-3-2-4-6-14)20-18(23)12-27-19-21-16-11-15(22(24)25)9-10-17(16)26-19/h2-6,9-11,13H,7-8,12H2,1H3,(H,20,23)/t13-/m0/s1. The molecular weight excluding hydrogens is 366 g/mol. The van der Waals surface area contributed by atoms with Crippen molar-refractivity contribution in [3.8, 4) is 0 Å². The zero-order chi connectivity index (χ0) is 19.2. The van der Waals surface area contributed by atoms with Crippen molar-refractivity contribution in [2.24, 2.45) is 0 Å². The number of amides is 1. The number of fused-ring (bicyclic) bond motifs is 1.